The van der Waals surface area contributed by atoms with Crippen LogP contribution in [0.5, 0.6) is 0 Å². The summed E-state index contributed by atoms with van der Waals surface area (Å²) in [5.41, 5.74) is 13.6. The molecule has 66 heavy (non-hydrogen) atoms. The van der Waals surface area contributed by atoms with Crippen molar-refractivity contribution in [3.63, 3.8) is 0 Å². The van der Waals surface area contributed by atoms with Crippen LogP contribution < -0.4 is 0 Å². The molecule has 6 unspecified atom stereocenters. The van der Waals surface area contributed by atoms with Crippen LogP contribution in [0, 0.1) is 21.7 Å². The predicted octanol–water partition coefficient (Wildman–Crippen LogP) is 20.5. The summed E-state index contributed by atoms with van der Waals surface area (Å²) in [6.07, 6.45) is 6.44. The lowest BCUT2D eigenvalue weighted by Crippen LogP contribution is -2.23. The molecule has 4 heteroatoms. The standard InChI is InChI=1S/C62H82Cl4/c1-59(2,3)36-54(48-21-13-43(39-63)14-22-48)33-53(35-58(62(10,11)12)52-27-19-46(42-66)20-28-52)47-29-31-50(32-30-47)56(57(38-61(7,8)9)51-25-17-45(41-65)18-26-51)34-55(37-60(4,5)6)49-23-15-44(40-64)16-24-49/h13-32,53-58H,33-42H2,1-12H3. The van der Waals surface area contributed by atoms with Crippen LogP contribution >= 0.6 is 46.4 Å². The van der Waals surface area contributed by atoms with Crippen molar-refractivity contribution in [3.8, 4) is 0 Å². The van der Waals surface area contributed by atoms with E-state index in [0.717, 1.165) is 49.7 Å². The van der Waals surface area contributed by atoms with E-state index in [1.54, 1.807) is 0 Å². The Kier molecular flexibility index (Phi) is 19.5. The molecule has 0 aliphatic carbocycles. The zero-order valence-corrected chi connectivity index (χ0v) is 45.6. The molecule has 0 amide bonds. The Hall–Kier alpha value is -2.74. The Labute approximate surface area is 423 Å². The number of rotatable bonds is 20. The average Bonchev–Trinajstić information content (AvgIpc) is 3.27. The van der Waals surface area contributed by atoms with E-state index in [0.29, 0.717) is 53.1 Å². The van der Waals surface area contributed by atoms with E-state index in [1.165, 1.54) is 44.5 Å². The lowest BCUT2D eigenvalue weighted by atomic mass is 9.67. The minimum Gasteiger partial charge on any atom is -0.122 e. The van der Waals surface area contributed by atoms with Gasteiger partial charge in [-0.15, -0.1) is 46.4 Å². The van der Waals surface area contributed by atoms with Crippen LogP contribution in [0.15, 0.2) is 121 Å². The highest BCUT2D eigenvalue weighted by Crippen LogP contribution is 2.50. The first kappa shape index (κ1) is 54.2. The Morgan fingerprint density at radius 3 is 0.939 bits per heavy atom. The molecule has 0 fully saturated rings. The predicted molar refractivity (Wildman–Crippen MR) is 292 cm³/mol. The molecule has 5 rings (SSSR count). The lowest BCUT2D eigenvalue weighted by molar-refractivity contribution is 0.268. The van der Waals surface area contributed by atoms with Gasteiger partial charge in [-0.2, -0.15) is 0 Å². The highest BCUT2D eigenvalue weighted by Gasteiger charge is 2.35. The maximum atomic E-state index is 6.38. The van der Waals surface area contributed by atoms with Gasteiger partial charge >= 0.3 is 0 Å². The third-order valence-corrected chi connectivity index (χ3v) is 15.1. The first-order valence-corrected chi connectivity index (χ1v) is 26.8. The van der Waals surface area contributed by atoms with Crippen molar-refractivity contribution in [1.29, 1.82) is 0 Å². The second-order valence-electron chi connectivity index (χ2n) is 24.4. The van der Waals surface area contributed by atoms with Gasteiger partial charge in [-0.05, 0) is 151 Å². The molecule has 0 spiro atoms. The zero-order valence-electron chi connectivity index (χ0n) is 42.6. The smallest absolute Gasteiger partial charge is 0.0474 e. The van der Waals surface area contributed by atoms with Crippen LogP contribution in [0.2, 0.25) is 0 Å². The number of hydrogen-bond donors (Lipinski definition) is 0. The van der Waals surface area contributed by atoms with Gasteiger partial charge in [0.15, 0.2) is 0 Å². The monoisotopic (exact) mass is 967 g/mol. The summed E-state index contributed by atoms with van der Waals surface area (Å²) in [5, 5.41) is 0. The number of alkyl halides is 4. The second kappa shape index (κ2) is 23.7. The van der Waals surface area contributed by atoms with E-state index in [2.05, 4.69) is 204 Å². The fourth-order valence-corrected chi connectivity index (χ4v) is 11.3. The molecule has 0 heterocycles. The van der Waals surface area contributed by atoms with E-state index in [-0.39, 0.29) is 27.6 Å². The van der Waals surface area contributed by atoms with Crippen LogP contribution in [0.3, 0.4) is 0 Å². The van der Waals surface area contributed by atoms with Gasteiger partial charge in [-0.1, -0.05) is 204 Å². The van der Waals surface area contributed by atoms with Crippen LogP contribution in [0.4, 0.5) is 0 Å². The van der Waals surface area contributed by atoms with Crippen molar-refractivity contribution in [3.05, 3.63) is 177 Å². The molecule has 5 aromatic carbocycles. The van der Waals surface area contributed by atoms with Gasteiger partial charge in [0.05, 0.1) is 0 Å². The summed E-state index contributed by atoms with van der Waals surface area (Å²) >= 11 is 25.3. The molecule has 0 bridgehead atoms. The number of halogens is 4. The van der Waals surface area contributed by atoms with Gasteiger partial charge in [0.1, 0.15) is 0 Å². The maximum Gasteiger partial charge on any atom is 0.0474 e. The molecule has 0 radical (unpaired) electrons. The van der Waals surface area contributed by atoms with E-state index in [9.17, 15) is 0 Å². The van der Waals surface area contributed by atoms with Gasteiger partial charge in [0, 0.05) is 23.5 Å². The van der Waals surface area contributed by atoms with E-state index < -0.39 is 0 Å². The number of benzene rings is 5. The van der Waals surface area contributed by atoms with Crippen molar-refractivity contribution in [2.24, 2.45) is 21.7 Å². The molecule has 0 aromatic heterocycles. The van der Waals surface area contributed by atoms with E-state index in [4.69, 9.17) is 46.4 Å². The highest BCUT2D eigenvalue weighted by atomic mass is 35.5. The molecule has 0 aliphatic rings. The van der Waals surface area contributed by atoms with Gasteiger partial charge in [0.25, 0.3) is 0 Å². The molecule has 0 saturated carbocycles. The van der Waals surface area contributed by atoms with Crippen molar-refractivity contribution >= 4 is 46.4 Å². The van der Waals surface area contributed by atoms with Crippen molar-refractivity contribution in [1.82, 2.24) is 0 Å². The van der Waals surface area contributed by atoms with Crippen LogP contribution in [0.25, 0.3) is 0 Å². The summed E-state index contributed by atoms with van der Waals surface area (Å²) < 4.78 is 0. The van der Waals surface area contributed by atoms with Crippen molar-refractivity contribution < 1.29 is 0 Å². The second-order valence-corrected chi connectivity index (χ2v) is 25.5. The summed E-state index contributed by atoms with van der Waals surface area (Å²) in [4.78, 5) is 0. The van der Waals surface area contributed by atoms with Crippen molar-refractivity contribution in [2.45, 2.75) is 181 Å². The largest absolute Gasteiger partial charge is 0.122 e. The number of hydrogen-bond acceptors (Lipinski definition) is 0. The van der Waals surface area contributed by atoms with Crippen LogP contribution in [-0.2, 0) is 23.5 Å². The molecular formula is C62H82Cl4. The highest BCUT2D eigenvalue weighted by molar-refractivity contribution is 6.17. The normalized spacial score (nSPS) is 15.5. The molecule has 6 atom stereocenters. The topological polar surface area (TPSA) is 0 Å². The third kappa shape index (κ3) is 16.5. The SMILES string of the molecule is CC(C)(C)CC(CC(CC(c1ccc(CCl)cc1)C(C)(C)C)c1ccc(C(CC(CC(C)(C)C)c2ccc(CCl)cc2)C(CC(C)(C)C)c2ccc(CCl)cc2)cc1)c1ccc(CCl)cc1. The fraction of sp³-hybridized carbons (Fsp3) is 0.516. The summed E-state index contributed by atoms with van der Waals surface area (Å²) in [7, 11) is 0. The summed E-state index contributed by atoms with van der Waals surface area (Å²) in [5.74, 6) is 4.15. The van der Waals surface area contributed by atoms with Gasteiger partial charge < -0.3 is 0 Å². The molecule has 358 valence electrons. The zero-order chi connectivity index (χ0) is 48.5. The Balaban J connectivity index is 1.68. The Morgan fingerprint density at radius 2 is 0.591 bits per heavy atom. The summed E-state index contributed by atoms with van der Waals surface area (Å²) in [6, 6.07) is 46.7. The van der Waals surface area contributed by atoms with Gasteiger partial charge in [0.2, 0.25) is 0 Å². The molecular weight excluding hydrogens is 886 g/mol. The van der Waals surface area contributed by atoms with Crippen LogP contribution in [0.1, 0.15) is 213 Å². The molecule has 0 aliphatic heterocycles. The minimum atomic E-state index is 0.0521. The fourth-order valence-electron chi connectivity index (χ4n) is 10.6. The van der Waals surface area contributed by atoms with E-state index >= 15 is 0 Å². The Morgan fingerprint density at radius 1 is 0.303 bits per heavy atom. The van der Waals surface area contributed by atoms with Crippen molar-refractivity contribution in [2.75, 3.05) is 0 Å². The van der Waals surface area contributed by atoms with E-state index in [1.807, 2.05) is 0 Å². The maximum absolute atomic E-state index is 6.38. The first-order chi connectivity index (χ1) is 31.0. The third-order valence-electron chi connectivity index (χ3n) is 13.9. The van der Waals surface area contributed by atoms with Crippen LogP contribution in [-0.4, -0.2) is 0 Å². The first-order valence-electron chi connectivity index (χ1n) is 24.7. The minimum absolute atomic E-state index is 0.0521. The quantitative estimate of drug-likeness (QED) is 0.0682. The Bertz CT molecular complexity index is 2170. The average molecular weight is 969 g/mol. The molecule has 5 aromatic rings. The van der Waals surface area contributed by atoms with Gasteiger partial charge in [-0.25, -0.2) is 0 Å². The lowest BCUT2D eigenvalue weighted by Gasteiger charge is -2.38. The molecule has 0 nitrogen and oxygen atoms in total. The summed E-state index contributed by atoms with van der Waals surface area (Å²) in [6.45, 7) is 28.8. The van der Waals surface area contributed by atoms with Gasteiger partial charge in [-0.3, -0.25) is 0 Å². The molecule has 0 saturated heterocycles. The molecule has 0 N–H and O–H groups in total.